The Kier molecular flexibility index (Phi) is 5.66. The minimum absolute atomic E-state index is 0.163. The van der Waals surface area contributed by atoms with Gasteiger partial charge in [-0.15, -0.1) is 10.2 Å². The van der Waals surface area contributed by atoms with Crippen molar-refractivity contribution in [3.05, 3.63) is 30.3 Å². The highest BCUT2D eigenvalue weighted by Gasteiger charge is 2.28. The van der Waals surface area contributed by atoms with E-state index in [4.69, 9.17) is 0 Å². The van der Waals surface area contributed by atoms with Crippen molar-refractivity contribution < 1.29 is 4.79 Å². The molecular formula is C20H27N5OS. The number of amides is 1. The predicted molar refractivity (Wildman–Crippen MR) is 109 cm³/mol. The quantitative estimate of drug-likeness (QED) is 0.739. The number of benzene rings is 1. The molecule has 27 heavy (non-hydrogen) atoms. The summed E-state index contributed by atoms with van der Waals surface area (Å²) in [6, 6.07) is 10.2. The molecule has 1 atom stereocenters. The molecule has 0 saturated carbocycles. The lowest BCUT2D eigenvalue weighted by molar-refractivity contribution is -0.129. The van der Waals surface area contributed by atoms with Crippen LogP contribution < -0.4 is 4.90 Å². The number of likely N-dealkylation sites (tertiary alicyclic amines) is 1. The van der Waals surface area contributed by atoms with Crippen LogP contribution in [-0.2, 0) is 4.79 Å². The molecule has 2 aromatic rings. The van der Waals surface area contributed by atoms with E-state index in [0.29, 0.717) is 0 Å². The van der Waals surface area contributed by atoms with Crippen LogP contribution in [0.3, 0.4) is 0 Å². The Hall–Kier alpha value is -2.02. The minimum atomic E-state index is -0.163. The second-order valence-corrected chi connectivity index (χ2v) is 8.60. The van der Waals surface area contributed by atoms with E-state index >= 15 is 0 Å². The van der Waals surface area contributed by atoms with Crippen molar-refractivity contribution in [3.8, 4) is 5.69 Å². The molecule has 1 aromatic carbocycles. The third-order valence-electron chi connectivity index (χ3n) is 5.32. The first-order valence-corrected chi connectivity index (χ1v) is 10.8. The molecule has 0 unspecified atom stereocenters. The molecular weight excluding hydrogens is 358 g/mol. The Morgan fingerprint density at radius 1 is 0.963 bits per heavy atom. The number of piperidine rings is 1. The van der Waals surface area contributed by atoms with Crippen molar-refractivity contribution in [3.63, 3.8) is 0 Å². The Balaban J connectivity index is 1.61. The van der Waals surface area contributed by atoms with E-state index in [1.807, 2.05) is 30.0 Å². The Bertz CT molecular complexity index is 766. The molecule has 3 heterocycles. The van der Waals surface area contributed by atoms with E-state index < -0.39 is 0 Å². The van der Waals surface area contributed by atoms with E-state index in [1.54, 1.807) is 0 Å². The smallest absolute Gasteiger partial charge is 0.235 e. The zero-order valence-corrected chi connectivity index (χ0v) is 16.7. The molecule has 2 saturated heterocycles. The zero-order valence-electron chi connectivity index (χ0n) is 15.9. The molecule has 2 aliphatic heterocycles. The molecule has 4 rings (SSSR count). The number of para-hydroxylation sites is 1. The number of hydrogen-bond donors (Lipinski definition) is 0. The number of nitrogens with zero attached hydrogens (tertiary/aromatic N) is 5. The number of aromatic nitrogens is 3. The van der Waals surface area contributed by atoms with E-state index in [0.717, 1.165) is 55.8 Å². The third kappa shape index (κ3) is 3.98. The monoisotopic (exact) mass is 385 g/mol. The highest BCUT2D eigenvalue weighted by Crippen LogP contribution is 2.31. The van der Waals surface area contributed by atoms with Crippen LogP contribution in [0.15, 0.2) is 35.5 Å². The first kappa shape index (κ1) is 18.3. The molecule has 0 radical (unpaired) electrons. The lowest BCUT2D eigenvalue weighted by Crippen LogP contribution is -2.34. The molecule has 1 aromatic heterocycles. The number of carbonyl (C=O) groups is 1. The van der Waals surface area contributed by atoms with E-state index in [-0.39, 0.29) is 11.2 Å². The van der Waals surface area contributed by atoms with E-state index in [2.05, 4.69) is 31.8 Å². The summed E-state index contributed by atoms with van der Waals surface area (Å²) < 4.78 is 2.11. The van der Waals surface area contributed by atoms with Gasteiger partial charge in [0.2, 0.25) is 11.9 Å². The fraction of sp³-hybridized carbons (Fsp3) is 0.550. The Morgan fingerprint density at radius 3 is 2.33 bits per heavy atom. The van der Waals surface area contributed by atoms with Crippen molar-refractivity contribution in [1.29, 1.82) is 0 Å². The summed E-state index contributed by atoms with van der Waals surface area (Å²) in [7, 11) is 0. The highest BCUT2D eigenvalue weighted by molar-refractivity contribution is 8.00. The summed E-state index contributed by atoms with van der Waals surface area (Å²) in [5.74, 6) is 1.10. The predicted octanol–water partition coefficient (Wildman–Crippen LogP) is 3.36. The molecule has 6 nitrogen and oxygen atoms in total. The van der Waals surface area contributed by atoms with Crippen molar-refractivity contribution in [1.82, 2.24) is 19.7 Å². The molecule has 0 bridgehead atoms. The molecule has 7 heteroatoms. The van der Waals surface area contributed by atoms with Crippen LogP contribution >= 0.6 is 11.8 Å². The Morgan fingerprint density at radius 2 is 1.63 bits per heavy atom. The van der Waals surface area contributed by atoms with Crippen molar-refractivity contribution in [2.45, 2.75) is 49.4 Å². The molecule has 0 aliphatic carbocycles. The number of anilines is 1. The summed E-state index contributed by atoms with van der Waals surface area (Å²) in [4.78, 5) is 17.0. The number of carbonyl (C=O) groups excluding carboxylic acids is 1. The van der Waals surface area contributed by atoms with E-state index in [1.165, 1.54) is 31.0 Å². The van der Waals surface area contributed by atoms with Gasteiger partial charge < -0.3 is 9.80 Å². The second-order valence-electron chi connectivity index (χ2n) is 7.29. The molecule has 2 fully saturated rings. The second kappa shape index (κ2) is 8.33. The van der Waals surface area contributed by atoms with Gasteiger partial charge in [0.25, 0.3) is 0 Å². The van der Waals surface area contributed by atoms with Gasteiger partial charge in [-0.1, -0.05) is 30.0 Å². The fourth-order valence-electron chi connectivity index (χ4n) is 3.84. The summed E-state index contributed by atoms with van der Waals surface area (Å²) in [5.41, 5.74) is 1.05. The van der Waals surface area contributed by atoms with Crippen LogP contribution in [0, 0.1) is 0 Å². The van der Waals surface area contributed by atoms with Gasteiger partial charge in [-0.2, -0.15) is 0 Å². The zero-order chi connectivity index (χ0) is 18.6. The van der Waals surface area contributed by atoms with Crippen molar-refractivity contribution in [2.75, 3.05) is 31.1 Å². The van der Waals surface area contributed by atoms with Gasteiger partial charge in [-0.3, -0.25) is 9.36 Å². The van der Waals surface area contributed by atoms with Crippen LogP contribution in [0.2, 0.25) is 0 Å². The molecule has 144 valence electrons. The van der Waals surface area contributed by atoms with Crippen LogP contribution in [0.4, 0.5) is 5.95 Å². The summed E-state index contributed by atoms with van der Waals surface area (Å²) >= 11 is 1.52. The summed E-state index contributed by atoms with van der Waals surface area (Å²) in [5, 5.41) is 9.63. The van der Waals surface area contributed by atoms with Gasteiger partial charge in [0.1, 0.15) is 0 Å². The molecule has 0 spiro atoms. The molecule has 1 amide bonds. The largest absolute Gasteiger partial charge is 0.342 e. The van der Waals surface area contributed by atoms with Crippen LogP contribution in [0.25, 0.3) is 5.69 Å². The summed E-state index contributed by atoms with van der Waals surface area (Å²) in [6.45, 7) is 5.77. The van der Waals surface area contributed by atoms with Crippen LogP contribution in [0.1, 0.15) is 39.0 Å². The van der Waals surface area contributed by atoms with Gasteiger partial charge in [-0.25, -0.2) is 0 Å². The van der Waals surface area contributed by atoms with Gasteiger partial charge in [-0.05, 0) is 51.2 Å². The Labute approximate surface area is 164 Å². The average molecular weight is 386 g/mol. The maximum Gasteiger partial charge on any atom is 0.235 e. The average Bonchev–Trinajstić information content (AvgIpc) is 3.39. The first-order chi connectivity index (χ1) is 13.2. The number of rotatable bonds is 5. The van der Waals surface area contributed by atoms with Crippen LogP contribution in [-0.4, -0.2) is 57.0 Å². The SMILES string of the molecule is C[C@H](Sc1nnc(N2CCCCC2)n1-c1ccccc1)C(=O)N1CCCC1. The highest BCUT2D eigenvalue weighted by atomic mass is 32.2. The maximum atomic E-state index is 12.7. The fourth-order valence-corrected chi connectivity index (χ4v) is 4.79. The number of hydrogen-bond acceptors (Lipinski definition) is 5. The minimum Gasteiger partial charge on any atom is -0.342 e. The molecule has 2 aliphatic rings. The van der Waals surface area contributed by atoms with Gasteiger partial charge >= 0.3 is 0 Å². The number of thioether (sulfide) groups is 1. The van der Waals surface area contributed by atoms with E-state index in [9.17, 15) is 4.79 Å². The van der Waals surface area contributed by atoms with Gasteiger partial charge in [0, 0.05) is 26.2 Å². The lowest BCUT2D eigenvalue weighted by Gasteiger charge is -2.28. The summed E-state index contributed by atoms with van der Waals surface area (Å²) in [6.07, 6.45) is 5.88. The topological polar surface area (TPSA) is 54.3 Å². The maximum absolute atomic E-state index is 12.7. The third-order valence-corrected chi connectivity index (χ3v) is 6.35. The van der Waals surface area contributed by atoms with Crippen molar-refractivity contribution in [2.24, 2.45) is 0 Å². The lowest BCUT2D eigenvalue weighted by atomic mass is 10.1. The standard InChI is InChI=1S/C20H27N5OS/c1-16(18(26)23-12-8-9-13-23)27-20-22-21-19(24-14-6-3-7-15-24)25(20)17-10-4-2-5-11-17/h2,4-5,10-11,16H,3,6-9,12-15H2,1H3/t16-/m0/s1. The van der Waals surface area contributed by atoms with Gasteiger partial charge in [0.15, 0.2) is 5.16 Å². The normalized spacial score (nSPS) is 18.7. The van der Waals surface area contributed by atoms with Gasteiger partial charge in [0.05, 0.1) is 10.9 Å². The first-order valence-electron chi connectivity index (χ1n) is 9.95. The van der Waals surface area contributed by atoms with Crippen LogP contribution in [0.5, 0.6) is 0 Å². The molecule has 0 N–H and O–H groups in total. The van der Waals surface area contributed by atoms with Crippen molar-refractivity contribution >= 4 is 23.6 Å².